The molecule has 25 heavy (non-hydrogen) atoms. The van der Waals surface area contributed by atoms with Gasteiger partial charge in [0, 0.05) is 36.9 Å². The summed E-state index contributed by atoms with van der Waals surface area (Å²) in [5, 5.41) is 10.7. The van der Waals surface area contributed by atoms with Gasteiger partial charge in [0.15, 0.2) is 5.69 Å². The van der Waals surface area contributed by atoms with Crippen molar-refractivity contribution in [2.45, 2.75) is 45.2 Å². The fourth-order valence-corrected chi connectivity index (χ4v) is 3.77. The Kier molecular flexibility index (Phi) is 4.29. The molecule has 1 atom stereocenters. The molecule has 0 radical (unpaired) electrons. The van der Waals surface area contributed by atoms with Crippen LogP contribution in [0, 0.1) is 12.7 Å². The molecule has 0 unspecified atom stereocenters. The monoisotopic (exact) mass is 342 g/mol. The number of fused-ring (bicyclic) bond motifs is 1. The lowest BCUT2D eigenvalue weighted by molar-refractivity contribution is 0.0782. The van der Waals surface area contributed by atoms with Crippen LogP contribution in [0.25, 0.3) is 0 Å². The van der Waals surface area contributed by atoms with E-state index in [9.17, 15) is 9.18 Å². The number of nitrogens with one attached hydrogen (secondary N) is 2. The minimum atomic E-state index is -0.171. The molecule has 0 spiro atoms. The number of nitrogens with zero attached hydrogens (tertiary/aromatic N) is 2. The summed E-state index contributed by atoms with van der Waals surface area (Å²) in [7, 11) is 0. The summed E-state index contributed by atoms with van der Waals surface area (Å²) in [4.78, 5) is 14.6. The van der Waals surface area contributed by atoms with Crippen LogP contribution in [0.1, 0.15) is 45.7 Å². The molecule has 1 aliphatic heterocycles. The third kappa shape index (κ3) is 3.18. The van der Waals surface area contributed by atoms with Crippen molar-refractivity contribution in [2.75, 3.05) is 13.1 Å². The number of carbonyl (C=O) groups excluding carboxylic acids is 1. The van der Waals surface area contributed by atoms with Gasteiger partial charge in [-0.25, -0.2) is 4.39 Å². The maximum Gasteiger partial charge on any atom is 0.274 e. The molecule has 0 bridgehead atoms. The Morgan fingerprint density at radius 2 is 2.32 bits per heavy atom. The van der Waals surface area contributed by atoms with Crippen LogP contribution in [0.3, 0.4) is 0 Å². The number of amides is 1. The fraction of sp³-hybridized carbons (Fsp3) is 0.474. The van der Waals surface area contributed by atoms with Crippen molar-refractivity contribution in [2.24, 2.45) is 0 Å². The van der Waals surface area contributed by atoms with E-state index in [1.807, 2.05) is 11.0 Å². The van der Waals surface area contributed by atoms with Gasteiger partial charge >= 0.3 is 0 Å². The predicted octanol–water partition coefficient (Wildman–Crippen LogP) is 2.35. The molecule has 2 aromatic rings. The van der Waals surface area contributed by atoms with E-state index in [1.165, 1.54) is 0 Å². The summed E-state index contributed by atoms with van der Waals surface area (Å²) in [6.45, 7) is 3.79. The number of aromatic nitrogens is 2. The van der Waals surface area contributed by atoms with Crippen molar-refractivity contribution in [1.82, 2.24) is 20.4 Å². The zero-order valence-corrected chi connectivity index (χ0v) is 14.4. The molecule has 2 heterocycles. The Hall–Kier alpha value is -2.21. The van der Waals surface area contributed by atoms with Gasteiger partial charge in [0.25, 0.3) is 5.91 Å². The van der Waals surface area contributed by atoms with Crippen LogP contribution in [0.15, 0.2) is 18.2 Å². The molecule has 1 amide bonds. The second kappa shape index (κ2) is 6.59. The second-order valence-electron chi connectivity index (χ2n) is 7.08. The summed E-state index contributed by atoms with van der Waals surface area (Å²) in [6.07, 6.45) is 3.95. The largest absolute Gasteiger partial charge is 0.336 e. The topological polar surface area (TPSA) is 61.0 Å². The third-order valence-corrected chi connectivity index (χ3v) is 5.32. The van der Waals surface area contributed by atoms with Crippen LogP contribution in [0.4, 0.5) is 4.39 Å². The Bertz CT molecular complexity index is 801. The van der Waals surface area contributed by atoms with Gasteiger partial charge in [-0.3, -0.25) is 9.89 Å². The van der Waals surface area contributed by atoms with Crippen LogP contribution in [0.5, 0.6) is 0 Å². The summed E-state index contributed by atoms with van der Waals surface area (Å²) in [6, 6.07) is 5.55. The third-order valence-electron chi connectivity index (χ3n) is 5.32. The molecule has 0 saturated carbocycles. The number of benzene rings is 1. The van der Waals surface area contributed by atoms with Crippen LogP contribution >= 0.6 is 0 Å². The van der Waals surface area contributed by atoms with Gasteiger partial charge < -0.3 is 10.2 Å². The summed E-state index contributed by atoms with van der Waals surface area (Å²) in [5.74, 6) is -0.139. The first kappa shape index (κ1) is 16.3. The van der Waals surface area contributed by atoms with Gasteiger partial charge in [-0.15, -0.1) is 0 Å². The Morgan fingerprint density at radius 1 is 1.44 bits per heavy atom. The number of halogens is 1. The first-order valence-corrected chi connectivity index (χ1v) is 8.95. The number of H-pyrrole nitrogens is 1. The number of likely N-dealkylation sites (tertiary alicyclic amines) is 1. The van der Waals surface area contributed by atoms with Gasteiger partial charge in [0.1, 0.15) is 5.82 Å². The first-order valence-electron chi connectivity index (χ1n) is 8.95. The molecule has 1 saturated heterocycles. The first-order chi connectivity index (χ1) is 12.1. The molecule has 1 fully saturated rings. The molecule has 4 rings (SSSR count). The normalized spacial score (nSPS) is 19.4. The van der Waals surface area contributed by atoms with Gasteiger partial charge in [0.2, 0.25) is 0 Å². The molecule has 1 aromatic carbocycles. The maximum atomic E-state index is 13.6. The molecule has 2 N–H and O–H groups in total. The molecule has 5 nitrogen and oxygen atoms in total. The molecular weight excluding hydrogens is 319 g/mol. The molecule has 2 aliphatic rings. The maximum absolute atomic E-state index is 13.6. The SMILES string of the molecule is Cc1ccc(CN[C@H]2CCN(C(=O)c3n[nH]c4c3CCC4)C2)cc1F. The van der Waals surface area contributed by atoms with Gasteiger partial charge in [0.05, 0.1) is 0 Å². The van der Waals surface area contributed by atoms with Crippen molar-refractivity contribution >= 4 is 5.91 Å². The van der Waals surface area contributed by atoms with Crippen molar-refractivity contribution in [1.29, 1.82) is 0 Å². The van der Waals surface area contributed by atoms with E-state index in [4.69, 9.17) is 0 Å². The summed E-state index contributed by atoms with van der Waals surface area (Å²) < 4.78 is 13.6. The number of hydrogen-bond donors (Lipinski definition) is 2. The smallest absolute Gasteiger partial charge is 0.274 e. The zero-order valence-electron chi connectivity index (χ0n) is 14.4. The van der Waals surface area contributed by atoms with Gasteiger partial charge in [-0.2, -0.15) is 5.10 Å². The number of hydrogen-bond acceptors (Lipinski definition) is 3. The summed E-state index contributed by atoms with van der Waals surface area (Å²) in [5.41, 5.74) is 4.43. The van der Waals surface area contributed by atoms with Crippen LogP contribution in [-0.2, 0) is 19.4 Å². The lowest BCUT2D eigenvalue weighted by Crippen LogP contribution is -2.35. The van der Waals surface area contributed by atoms with E-state index in [-0.39, 0.29) is 17.8 Å². The minimum absolute atomic E-state index is 0.0325. The lowest BCUT2D eigenvalue weighted by Gasteiger charge is -2.17. The highest BCUT2D eigenvalue weighted by atomic mass is 19.1. The minimum Gasteiger partial charge on any atom is -0.336 e. The van der Waals surface area contributed by atoms with Gasteiger partial charge in [-0.05, 0) is 49.8 Å². The van der Waals surface area contributed by atoms with E-state index in [2.05, 4.69) is 15.5 Å². The number of carbonyl (C=O) groups is 1. The van der Waals surface area contributed by atoms with Crippen LogP contribution in [0.2, 0.25) is 0 Å². The lowest BCUT2D eigenvalue weighted by atomic mass is 10.1. The van der Waals surface area contributed by atoms with Crippen molar-refractivity contribution in [3.05, 3.63) is 52.1 Å². The molecule has 6 heteroatoms. The standard InChI is InChI=1S/C19H23FN4O/c1-12-5-6-13(9-16(12)20)10-21-14-7-8-24(11-14)19(25)18-15-3-2-4-17(15)22-23-18/h5-6,9,14,21H,2-4,7-8,10-11H2,1H3,(H,22,23)/t14-/m0/s1. The average Bonchev–Trinajstić information content (AvgIpc) is 3.31. The molecule has 1 aliphatic carbocycles. The highest BCUT2D eigenvalue weighted by Gasteiger charge is 2.31. The van der Waals surface area contributed by atoms with Crippen molar-refractivity contribution in [3.8, 4) is 0 Å². The van der Waals surface area contributed by atoms with Gasteiger partial charge in [-0.1, -0.05) is 12.1 Å². The van der Waals surface area contributed by atoms with Crippen molar-refractivity contribution < 1.29 is 9.18 Å². The Morgan fingerprint density at radius 3 is 3.16 bits per heavy atom. The van der Waals surface area contributed by atoms with Crippen LogP contribution < -0.4 is 5.32 Å². The second-order valence-corrected chi connectivity index (χ2v) is 7.08. The Balaban J connectivity index is 1.35. The molecule has 132 valence electrons. The number of aromatic amines is 1. The number of aryl methyl sites for hydroxylation is 2. The van der Waals surface area contributed by atoms with E-state index >= 15 is 0 Å². The van der Waals surface area contributed by atoms with E-state index in [0.29, 0.717) is 24.3 Å². The molecular formula is C19H23FN4O. The summed E-state index contributed by atoms with van der Waals surface area (Å²) >= 11 is 0. The highest BCUT2D eigenvalue weighted by Crippen LogP contribution is 2.24. The predicted molar refractivity (Wildman–Crippen MR) is 92.9 cm³/mol. The Labute approximate surface area is 146 Å². The van der Waals surface area contributed by atoms with E-state index < -0.39 is 0 Å². The average molecular weight is 342 g/mol. The van der Waals surface area contributed by atoms with E-state index in [1.54, 1.807) is 19.1 Å². The zero-order chi connectivity index (χ0) is 17.4. The van der Waals surface area contributed by atoms with Crippen molar-refractivity contribution in [3.63, 3.8) is 0 Å². The van der Waals surface area contributed by atoms with Crippen LogP contribution in [-0.4, -0.2) is 40.1 Å². The highest BCUT2D eigenvalue weighted by molar-refractivity contribution is 5.94. The fourth-order valence-electron chi connectivity index (χ4n) is 3.77. The molecule has 1 aromatic heterocycles. The van der Waals surface area contributed by atoms with E-state index in [0.717, 1.165) is 49.0 Å². The number of rotatable bonds is 4. The quantitative estimate of drug-likeness (QED) is 0.897.